The summed E-state index contributed by atoms with van der Waals surface area (Å²) in [5.74, 6) is 2.59. The molecule has 0 saturated carbocycles. The van der Waals surface area contributed by atoms with E-state index in [-0.39, 0.29) is 0 Å². The number of rotatable bonds is 7. The van der Waals surface area contributed by atoms with Crippen molar-refractivity contribution in [2.24, 2.45) is 0 Å². The second-order valence-electron chi connectivity index (χ2n) is 13.8. The van der Waals surface area contributed by atoms with Gasteiger partial charge in [-0.3, -0.25) is 0 Å². The van der Waals surface area contributed by atoms with E-state index in [1.54, 1.807) is 0 Å². The lowest BCUT2D eigenvalue weighted by atomic mass is 9.94. The Bertz CT molecular complexity index is 2950. The van der Waals surface area contributed by atoms with Crippen molar-refractivity contribution in [2.75, 3.05) is 0 Å². The number of benzene rings is 8. The van der Waals surface area contributed by atoms with Gasteiger partial charge in [-0.1, -0.05) is 170 Å². The van der Waals surface area contributed by atoms with Gasteiger partial charge in [0.25, 0.3) is 0 Å². The molecule has 10 aromatic rings. The number of aromatic nitrogens is 5. The van der Waals surface area contributed by atoms with E-state index in [9.17, 15) is 0 Å². The van der Waals surface area contributed by atoms with Crippen LogP contribution in [0.2, 0.25) is 0 Å². The van der Waals surface area contributed by atoms with Crippen molar-refractivity contribution in [3.63, 3.8) is 0 Å². The lowest BCUT2D eigenvalue weighted by Gasteiger charge is -2.14. The van der Waals surface area contributed by atoms with Crippen LogP contribution in [0.3, 0.4) is 0 Å². The third-order valence-electron chi connectivity index (χ3n) is 10.1. The standard InChI is InChI=1S/C51H33N5/c1-5-15-34(16-6-1)43-31-40-23-13-14-24-44(40)45(32-43)47-33-46(52-48(53-47)35-17-7-2-8-18-35)41-27-25-39-30-42(28-26-38(39)29-41)51-55-49(36-19-9-3-10-20-36)54-50(56-51)37-21-11-4-12-22-37/h1-33H. The molecule has 0 aliphatic rings. The molecule has 0 saturated heterocycles. The number of nitrogens with zero attached hydrogens (tertiary/aromatic N) is 5. The molecule has 5 nitrogen and oxygen atoms in total. The van der Waals surface area contributed by atoms with E-state index >= 15 is 0 Å². The van der Waals surface area contributed by atoms with E-state index in [0.29, 0.717) is 23.3 Å². The minimum absolute atomic E-state index is 0.626. The lowest BCUT2D eigenvalue weighted by Crippen LogP contribution is -2.00. The van der Waals surface area contributed by atoms with Crippen LogP contribution in [0.1, 0.15) is 0 Å². The number of hydrogen-bond donors (Lipinski definition) is 0. The SMILES string of the molecule is c1ccc(-c2cc(-c3cc(-c4ccc5cc(-c6nc(-c7ccccc7)nc(-c7ccccc7)n6)ccc5c4)nc(-c4ccccc4)n3)c3ccccc3c2)cc1. The van der Waals surface area contributed by atoms with E-state index in [4.69, 9.17) is 24.9 Å². The molecule has 0 aliphatic heterocycles. The zero-order valence-corrected chi connectivity index (χ0v) is 30.3. The Morgan fingerprint density at radius 1 is 0.232 bits per heavy atom. The van der Waals surface area contributed by atoms with Crippen LogP contribution < -0.4 is 0 Å². The summed E-state index contributed by atoms with van der Waals surface area (Å²) in [6, 6.07) is 68.9. The van der Waals surface area contributed by atoms with Crippen LogP contribution in [0.25, 0.3) is 101 Å². The minimum Gasteiger partial charge on any atom is -0.228 e. The van der Waals surface area contributed by atoms with Crippen molar-refractivity contribution >= 4 is 21.5 Å². The van der Waals surface area contributed by atoms with Gasteiger partial charge in [0.2, 0.25) is 0 Å². The first-order valence-corrected chi connectivity index (χ1v) is 18.7. The average molecular weight is 716 g/mol. The van der Waals surface area contributed by atoms with Gasteiger partial charge >= 0.3 is 0 Å². The maximum absolute atomic E-state index is 5.22. The average Bonchev–Trinajstić information content (AvgIpc) is 3.29. The molecule has 0 N–H and O–H groups in total. The molecule has 10 rings (SSSR count). The molecule has 262 valence electrons. The Balaban J connectivity index is 1.09. The van der Waals surface area contributed by atoms with Crippen molar-refractivity contribution in [3.05, 3.63) is 200 Å². The summed E-state index contributed by atoms with van der Waals surface area (Å²) in [6.07, 6.45) is 0. The Kier molecular flexibility index (Phi) is 8.43. The summed E-state index contributed by atoms with van der Waals surface area (Å²) in [7, 11) is 0. The minimum atomic E-state index is 0.626. The van der Waals surface area contributed by atoms with Gasteiger partial charge in [0.05, 0.1) is 11.4 Å². The largest absolute Gasteiger partial charge is 0.228 e. The summed E-state index contributed by atoms with van der Waals surface area (Å²) in [5.41, 5.74) is 9.87. The first-order chi connectivity index (χ1) is 27.7. The van der Waals surface area contributed by atoms with Crippen molar-refractivity contribution in [1.29, 1.82) is 0 Å². The first-order valence-electron chi connectivity index (χ1n) is 18.7. The molecule has 0 bridgehead atoms. The van der Waals surface area contributed by atoms with Crippen LogP contribution in [-0.4, -0.2) is 24.9 Å². The highest BCUT2D eigenvalue weighted by molar-refractivity contribution is 6.00. The molecule has 0 fully saturated rings. The lowest BCUT2D eigenvalue weighted by molar-refractivity contribution is 1.07. The fraction of sp³-hybridized carbons (Fsp3) is 0. The molecule has 5 heteroatoms. The molecule has 0 unspecified atom stereocenters. The van der Waals surface area contributed by atoms with Gasteiger partial charge in [0, 0.05) is 33.4 Å². The first kappa shape index (κ1) is 33.0. The number of fused-ring (bicyclic) bond motifs is 2. The van der Waals surface area contributed by atoms with Crippen LogP contribution in [0.15, 0.2) is 200 Å². The van der Waals surface area contributed by atoms with E-state index in [0.717, 1.165) is 77.4 Å². The van der Waals surface area contributed by atoms with Gasteiger partial charge in [-0.15, -0.1) is 0 Å². The molecule has 2 aromatic heterocycles. The molecular formula is C51H33N5. The summed E-state index contributed by atoms with van der Waals surface area (Å²) < 4.78 is 0. The van der Waals surface area contributed by atoms with E-state index in [1.807, 2.05) is 78.9 Å². The van der Waals surface area contributed by atoms with E-state index < -0.39 is 0 Å². The highest BCUT2D eigenvalue weighted by Crippen LogP contribution is 2.37. The van der Waals surface area contributed by atoms with Gasteiger partial charge in [0.15, 0.2) is 23.3 Å². The van der Waals surface area contributed by atoms with Crippen molar-refractivity contribution < 1.29 is 0 Å². The van der Waals surface area contributed by atoms with Crippen molar-refractivity contribution in [1.82, 2.24) is 24.9 Å². The van der Waals surface area contributed by atoms with Gasteiger partial charge in [-0.2, -0.15) is 0 Å². The highest BCUT2D eigenvalue weighted by Gasteiger charge is 2.16. The van der Waals surface area contributed by atoms with Crippen molar-refractivity contribution in [2.45, 2.75) is 0 Å². The van der Waals surface area contributed by atoms with Crippen LogP contribution in [-0.2, 0) is 0 Å². The zero-order chi connectivity index (χ0) is 37.3. The predicted molar refractivity (Wildman–Crippen MR) is 228 cm³/mol. The molecule has 2 heterocycles. The van der Waals surface area contributed by atoms with Crippen LogP contribution in [0.4, 0.5) is 0 Å². The molecule has 0 atom stereocenters. The van der Waals surface area contributed by atoms with Crippen molar-refractivity contribution in [3.8, 4) is 79.2 Å². The van der Waals surface area contributed by atoms with Gasteiger partial charge in [0.1, 0.15) is 0 Å². The Labute approximate surface area is 324 Å². The Morgan fingerprint density at radius 3 is 1.25 bits per heavy atom. The Morgan fingerprint density at radius 2 is 0.661 bits per heavy atom. The number of hydrogen-bond acceptors (Lipinski definition) is 5. The summed E-state index contributed by atoms with van der Waals surface area (Å²) in [6.45, 7) is 0. The molecule has 0 aliphatic carbocycles. The summed E-state index contributed by atoms with van der Waals surface area (Å²) >= 11 is 0. The quantitative estimate of drug-likeness (QED) is 0.164. The molecule has 56 heavy (non-hydrogen) atoms. The molecule has 0 spiro atoms. The smallest absolute Gasteiger partial charge is 0.164 e. The fourth-order valence-corrected chi connectivity index (χ4v) is 7.25. The second-order valence-corrected chi connectivity index (χ2v) is 13.8. The van der Waals surface area contributed by atoms with Gasteiger partial charge in [-0.05, 0) is 63.0 Å². The summed E-state index contributed by atoms with van der Waals surface area (Å²) in [5, 5.41) is 4.47. The zero-order valence-electron chi connectivity index (χ0n) is 30.3. The molecule has 8 aromatic carbocycles. The Hall–Kier alpha value is -7.63. The normalized spacial score (nSPS) is 11.2. The van der Waals surface area contributed by atoms with Crippen LogP contribution in [0.5, 0.6) is 0 Å². The highest BCUT2D eigenvalue weighted by atomic mass is 15.0. The van der Waals surface area contributed by atoms with E-state index in [2.05, 4.69) is 121 Å². The predicted octanol–water partition coefficient (Wildman–Crippen LogP) is 12.6. The summed E-state index contributed by atoms with van der Waals surface area (Å²) in [4.78, 5) is 25.2. The third kappa shape index (κ3) is 6.48. The third-order valence-corrected chi connectivity index (χ3v) is 10.1. The topological polar surface area (TPSA) is 64.5 Å². The second kappa shape index (κ2) is 14.3. The molecule has 0 amide bonds. The fourth-order valence-electron chi connectivity index (χ4n) is 7.25. The molecular weight excluding hydrogens is 683 g/mol. The molecule has 0 radical (unpaired) electrons. The van der Waals surface area contributed by atoms with Crippen LogP contribution in [0, 0.1) is 0 Å². The van der Waals surface area contributed by atoms with Crippen LogP contribution >= 0.6 is 0 Å². The van der Waals surface area contributed by atoms with E-state index in [1.165, 1.54) is 0 Å². The maximum atomic E-state index is 5.22. The maximum Gasteiger partial charge on any atom is 0.164 e. The monoisotopic (exact) mass is 715 g/mol. The van der Waals surface area contributed by atoms with Gasteiger partial charge in [-0.25, -0.2) is 24.9 Å². The van der Waals surface area contributed by atoms with Gasteiger partial charge < -0.3 is 0 Å².